The van der Waals surface area contributed by atoms with Crippen LogP contribution in [0.4, 0.5) is 11.6 Å². The maximum atomic E-state index is 14.0. The topological polar surface area (TPSA) is 120 Å². The predicted molar refractivity (Wildman–Crippen MR) is 176 cm³/mol. The van der Waals surface area contributed by atoms with Gasteiger partial charge in [-0.2, -0.15) is 4.98 Å². The molecule has 2 aliphatic heterocycles. The molecule has 12 heteroatoms. The molecular weight excluding hydrogens is 604 g/mol. The Morgan fingerprint density at radius 2 is 1.74 bits per heavy atom. The van der Waals surface area contributed by atoms with Crippen molar-refractivity contribution in [3.05, 3.63) is 101 Å². The van der Waals surface area contributed by atoms with Crippen LogP contribution in [0.15, 0.2) is 95.3 Å². The van der Waals surface area contributed by atoms with Crippen LogP contribution in [0.1, 0.15) is 31.0 Å². The number of anilines is 2. The second kappa shape index (κ2) is 14.5. The molecule has 0 saturated carbocycles. The molecule has 3 aromatic carbocycles. The van der Waals surface area contributed by atoms with Crippen molar-refractivity contribution in [2.75, 3.05) is 50.2 Å². The zero-order chi connectivity index (χ0) is 31.9. The van der Waals surface area contributed by atoms with Gasteiger partial charge in [-0.3, -0.25) is 9.59 Å². The van der Waals surface area contributed by atoms with E-state index in [1.165, 1.54) is 11.8 Å². The van der Waals surface area contributed by atoms with Gasteiger partial charge in [-0.25, -0.2) is 4.68 Å². The maximum absolute atomic E-state index is 14.0. The number of nitrogens with one attached hydrogen (secondary N) is 2. The lowest BCUT2D eigenvalue weighted by molar-refractivity contribution is -0.137. The molecule has 11 nitrogen and oxygen atoms in total. The van der Waals surface area contributed by atoms with Crippen molar-refractivity contribution in [1.29, 1.82) is 0 Å². The van der Waals surface area contributed by atoms with Crippen LogP contribution in [-0.4, -0.2) is 71.0 Å². The highest BCUT2D eigenvalue weighted by atomic mass is 32.2. The summed E-state index contributed by atoms with van der Waals surface area (Å²) in [5, 5.41) is 11.8. The summed E-state index contributed by atoms with van der Waals surface area (Å²) >= 11 is 1.53. The Bertz CT molecular complexity index is 1700. The second-order valence-corrected chi connectivity index (χ2v) is 11.7. The summed E-state index contributed by atoms with van der Waals surface area (Å²) in [7, 11) is 0. The number of fused-ring (bicyclic) bond motifs is 1. The first-order valence-electron chi connectivity index (χ1n) is 15.2. The molecule has 0 spiro atoms. The summed E-state index contributed by atoms with van der Waals surface area (Å²) in [6.45, 7) is 6.37. The maximum Gasteiger partial charge on any atom is 0.260 e. The van der Waals surface area contributed by atoms with Crippen molar-refractivity contribution in [3.8, 4) is 11.5 Å². The van der Waals surface area contributed by atoms with Crippen molar-refractivity contribution >= 4 is 35.2 Å². The van der Waals surface area contributed by atoms with E-state index in [4.69, 9.17) is 24.3 Å². The molecule has 0 bridgehead atoms. The minimum absolute atomic E-state index is 0.0617. The first-order valence-corrected chi connectivity index (χ1v) is 16.2. The minimum Gasteiger partial charge on any atom is -0.492 e. The van der Waals surface area contributed by atoms with Crippen LogP contribution < -0.4 is 20.1 Å². The predicted octanol–water partition coefficient (Wildman–Crippen LogP) is 5.13. The largest absolute Gasteiger partial charge is 0.492 e. The zero-order valence-electron chi connectivity index (χ0n) is 25.8. The molecule has 238 valence electrons. The van der Waals surface area contributed by atoms with Crippen LogP contribution in [0.3, 0.4) is 0 Å². The summed E-state index contributed by atoms with van der Waals surface area (Å²) in [6.07, 6.45) is 0. The molecule has 1 fully saturated rings. The number of ether oxygens (including phenoxy) is 3. The van der Waals surface area contributed by atoms with Gasteiger partial charge in [-0.15, -0.1) is 5.10 Å². The molecular formula is C34H36N6O5S. The molecule has 1 atom stereocenters. The SMILES string of the molecule is CCOc1ccccc1NC(=O)C1=C(C)Nc2nc(SCc3ccccc3)nn2C1c1ccc(OCC(=O)N2CCOCC2)cc1. The average Bonchev–Trinajstić information content (AvgIpc) is 3.50. The fourth-order valence-corrected chi connectivity index (χ4v) is 6.14. The smallest absolute Gasteiger partial charge is 0.260 e. The van der Waals surface area contributed by atoms with Crippen molar-refractivity contribution in [2.45, 2.75) is 30.8 Å². The van der Waals surface area contributed by atoms with E-state index in [9.17, 15) is 9.59 Å². The molecule has 6 rings (SSSR count). The molecule has 2 amide bonds. The van der Waals surface area contributed by atoms with Crippen molar-refractivity contribution < 1.29 is 23.8 Å². The molecule has 2 N–H and O–H groups in total. The third-order valence-corrected chi connectivity index (χ3v) is 8.55. The number of hydrogen-bond acceptors (Lipinski definition) is 9. The van der Waals surface area contributed by atoms with Gasteiger partial charge >= 0.3 is 0 Å². The normalized spacial score (nSPS) is 16.0. The van der Waals surface area contributed by atoms with Gasteiger partial charge < -0.3 is 29.7 Å². The van der Waals surface area contributed by atoms with Gasteiger partial charge in [0.25, 0.3) is 11.8 Å². The Morgan fingerprint density at radius 1 is 1.00 bits per heavy atom. The zero-order valence-corrected chi connectivity index (χ0v) is 26.6. The van der Waals surface area contributed by atoms with Crippen LogP contribution in [0.5, 0.6) is 11.5 Å². The van der Waals surface area contributed by atoms with Gasteiger partial charge in [0.15, 0.2) is 6.61 Å². The highest BCUT2D eigenvalue weighted by molar-refractivity contribution is 7.98. The van der Waals surface area contributed by atoms with Crippen molar-refractivity contribution in [2.24, 2.45) is 0 Å². The second-order valence-electron chi connectivity index (χ2n) is 10.7. The number of hydrogen-bond donors (Lipinski definition) is 2. The molecule has 0 radical (unpaired) electrons. The highest BCUT2D eigenvalue weighted by Crippen LogP contribution is 2.38. The van der Waals surface area contributed by atoms with Gasteiger partial charge in [-0.05, 0) is 49.2 Å². The Morgan fingerprint density at radius 3 is 2.50 bits per heavy atom. The number of thioether (sulfide) groups is 1. The van der Waals surface area contributed by atoms with E-state index in [1.54, 1.807) is 21.7 Å². The third-order valence-electron chi connectivity index (χ3n) is 7.65. The lowest BCUT2D eigenvalue weighted by atomic mass is 9.95. The van der Waals surface area contributed by atoms with E-state index in [0.717, 1.165) is 11.1 Å². The molecule has 1 unspecified atom stereocenters. The minimum atomic E-state index is -0.585. The number of rotatable bonds is 11. The van der Waals surface area contributed by atoms with E-state index in [-0.39, 0.29) is 18.4 Å². The Balaban J connectivity index is 1.27. The lowest BCUT2D eigenvalue weighted by Gasteiger charge is -2.29. The van der Waals surface area contributed by atoms with Gasteiger partial charge in [0.2, 0.25) is 11.1 Å². The van der Waals surface area contributed by atoms with Crippen LogP contribution in [0.25, 0.3) is 0 Å². The van der Waals surface area contributed by atoms with Crippen LogP contribution in [0.2, 0.25) is 0 Å². The quantitative estimate of drug-likeness (QED) is 0.215. The first kappa shape index (κ1) is 31.2. The summed E-state index contributed by atoms with van der Waals surface area (Å²) in [6, 6.07) is 24.3. The molecule has 1 aromatic heterocycles. The molecule has 3 heterocycles. The molecule has 46 heavy (non-hydrogen) atoms. The van der Waals surface area contributed by atoms with E-state index < -0.39 is 6.04 Å². The van der Waals surface area contributed by atoms with Gasteiger partial charge in [0.1, 0.15) is 17.5 Å². The number of para-hydroxylation sites is 2. The monoisotopic (exact) mass is 640 g/mol. The van der Waals surface area contributed by atoms with Crippen LogP contribution in [0, 0.1) is 0 Å². The van der Waals surface area contributed by atoms with Crippen LogP contribution >= 0.6 is 11.8 Å². The van der Waals surface area contributed by atoms with Crippen molar-refractivity contribution in [3.63, 3.8) is 0 Å². The Hall–Kier alpha value is -4.81. The number of benzene rings is 3. The Labute approximate surface area is 271 Å². The number of nitrogens with zero attached hydrogens (tertiary/aromatic N) is 4. The lowest BCUT2D eigenvalue weighted by Crippen LogP contribution is -2.42. The van der Waals surface area contributed by atoms with E-state index in [0.29, 0.717) is 78.2 Å². The van der Waals surface area contributed by atoms with Crippen molar-refractivity contribution in [1.82, 2.24) is 19.7 Å². The highest BCUT2D eigenvalue weighted by Gasteiger charge is 2.35. The summed E-state index contributed by atoms with van der Waals surface area (Å²) < 4.78 is 18.7. The molecule has 2 aliphatic rings. The molecule has 4 aromatic rings. The number of carbonyl (C=O) groups is 2. The third kappa shape index (κ3) is 7.19. The average molecular weight is 641 g/mol. The van der Waals surface area contributed by atoms with E-state index in [1.807, 2.05) is 68.4 Å². The van der Waals surface area contributed by atoms with E-state index in [2.05, 4.69) is 22.8 Å². The summed E-state index contributed by atoms with van der Waals surface area (Å²) in [4.78, 5) is 33.1. The first-order chi connectivity index (χ1) is 22.5. The number of amides is 2. The summed E-state index contributed by atoms with van der Waals surface area (Å²) in [5.41, 5.74) is 3.69. The van der Waals surface area contributed by atoms with Gasteiger partial charge in [-0.1, -0.05) is 66.4 Å². The molecule has 1 saturated heterocycles. The van der Waals surface area contributed by atoms with Gasteiger partial charge in [0.05, 0.1) is 31.1 Å². The Kier molecular flexibility index (Phi) is 9.85. The van der Waals surface area contributed by atoms with Gasteiger partial charge in [0, 0.05) is 24.5 Å². The number of morpholine rings is 1. The van der Waals surface area contributed by atoms with Crippen LogP contribution in [-0.2, 0) is 20.1 Å². The molecule has 0 aliphatic carbocycles. The number of allylic oxidation sites excluding steroid dienone is 1. The fourth-order valence-electron chi connectivity index (χ4n) is 5.35. The fraction of sp³-hybridized carbons (Fsp3) is 0.294. The van der Waals surface area contributed by atoms with E-state index >= 15 is 0 Å². The number of carbonyl (C=O) groups excluding carboxylic acids is 2. The summed E-state index contributed by atoms with van der Waals surface area (Å²) in [5.74, 6) is 2.01. The number of aromatic nitrogens is 3. The standard InChI is InChI=1S/C34H36N6O5S/c1-3-44-28-12-8-7-11-27(28)36-32(42)30-23(2)35-33-37-34(46-22-24-9-5-4-6-10-24)38-40(33)31(30)25-13-15-26(16-14-25)45-21-29(41)39-17-19-43-20-18-39/h4-16,31H,3,17-22H2,1-2H3,(H,36,42)(H,35,37,38).